The summed E-state index contributed by atoms with van der Waals surface area (Å²) in [5.74, 6) is 0.873. The molecule has 96 valence electrons. The number of benzene rings is 1. The van der Waals surface area contributed by atoms with Gasteiger partial charge in [-0.3, -0.25) is 0 Å². The molecule has 0 aliphatic heterocycles. The van der Waals surface area contributed by atoms with Gasteiger partial charge >= 0.3 is 0 Å². The Morgan fingerprint density at radius 1 is 1.39 bits per heavy atom. The van der Waals surface area contributed by atoms with E-state index in [1.165, 1.54) is 16.9 Å². The number of nitrogens with zero attached hydrogens (tertiary/aromatic N) is 1. The van der Waals surface area contributed by atoms with Crippen molar-refractivity contribution in [2.75, 3.05) is 7.11 Å². The highest BCUT2D eigenvalue weighted by molar-refractivity contribution is 7.15. The van der Waals surface area contributed by atoms with Crippen molar-refractivity contribution < 1.29 is 4.74 Å². The molecule has 0 saturated heterocycles. The van der Waals surface area contributed by atoms with Crippen molar-refractivity contribution >= 4 is 22.9 Å². The summed E-state index contributed by atoms with van der Waals surface area (Å²) in [6, 6.07) is 8.32. The van der Waals surface area contributed by atoms with Gasteiger partial charge in [-0.15, -0.1) is 11.3 Å². The number of hydrogen-bond acceptors (Lipinski definition) is 4. The van der Waals surface area contributed by atoms with Crippen molar-refractivity contribution in [2.24, 2.45) is 0 Å². The van der Waals surface area contributed by atoms with Gasteiger partial charge in [0.25, 0.3) is 0 Å². The molecule has 0 unspecified atom stereocenters. The van der Waals surface area contributed by atoms with Crippen LogP contribution in [-0.4, -0.2) is 12.1 Å². The predicted molar refractivity (Wildman–Crippen MR) is 75.4 cm³/mol. The van der Waals surface area contributed by atoms with E-state index >= 15 is 0 Å². The maximum absolute atomic E-state index is 5.84. The van der Waals surface area contributed by atoms with E-state index in [4.69, 9.17) is 16.3 Å². The number of thiazole rings is 1. The summed E-state index contributed by atoms with van der Waals surface area (Å²) in [6.07, 6.45) is 1.68. The molecule has 0 aliphatic rings. The molecule has 0 spiro atoms. The molecule has 1 aromatic heterocycles. The smallest absolute Gasteiger partial charge is 0.118 e. The lowest BCUT2D eigenvalue weighted by Gasteiger charge is -2.13. The van der Waals surface area contributed by atoms with Crippen LogP contribution in [-0.2, 0) is 6.54 Å². The molecule has 2 rings (SSSR count). The Morgan fingerprint density at radius 3 is 2.67 bits per heavy atom. The van der Waals surface area contributed by atoms with Gasteiger partial charge in [-0.2, -0.15) is 0 Å². The Morgan fingerprint density at radius 2 is 2.11 bits per heavy atom. The minimum atomic E-state index is 0.263. The minimum absolute atomic E-state index is 0.263. The Hall–Kier alpha value is -1.10. The fourth-order valence-corrected chi connectivity index (χ4v) is 2.53. The molecule has 5 heteroatoms. The monoisotopic (exact) mass is 282 g/mol. The third-order valence-corrected chi connectivity index (χ3v) is 3.82. The van der Waals surface area contributed by atoms with Gasteiger partial charge in [0, 0.05) is 12.6 Å². The first-order chi connectivity index (χ1) is 8.69. The summed E-state index contributed by atoms with van der Waals surface area (Å²) in [4.78, 5) is 4.21. The van der Waals surface area contributed by atoms with E-state index in [9.17, 15) is 0 Å². The lowest BCUT2D eigenvalue weighted by Crippen LogP contribution is -2.17. The molecule has 1 aromatic carbocycles. The summed E-state index contributed by atoms with van der Waals surface area (Å²) < 4.78 is 5.86. The summed E-state index contributed by atoms with van der Waals surface area (Å²) in [5.41, 5.74) is 1.22. The molecule has 2 aromatic rings. The van der Waals surface area contributed by atoms with Crippen LogP contribution < -0.4 is 10.1 Å². The van der Waals surface area contributed by atoms with Crippen LogP contribution in [0.4, 0.5) is 0 Å². The van der Waals surface area contributed by atoms with Gasteiger partial charge in [0.05, 0.1) is 13.3 Å². The third kappa shape index (κ3) is 3.45. The van der Waals surface area contributed by atoms with Gasteiger partial charge in [0.1, 0.15) is 15.1 Å². The van der Waals surface area contributed by atoms with E-state index < -0.39 is 0 Å². The number of aromatic nitrogens is 1. The Labute approximate surface area is 116 Å². The summed E-state index contributed by atoms with van der Waals surface area (Å²) in [7, 11) is 1.67. The first-order valence-corrected chi connectivity index (χ1v) is 6.86. The molecule has 0 aliphatic carbocycles. The fraction of sp³-hybridized carbons (Fsp3) is 0.308. The molecule has 0 radical (unpaired) electrons. The highest BCUT2D eigenvalue weighted by Crippen LogP contribution is 2.20. The van der Waals surface area contributed by atoms with Crippen molar-refractivity contribution in [2.45, 2.75) is 19.5 Å². The second-order valence-corrected chi connectivity index (χ2v) is 5.68. The van der Waals surface area contributed by atoms with E-state index in [0.29, 0.717) is 0 Å². The van der Waals surface area contributed by atoms with Crippen LogP contribution >= 0.6 is 22.9 Å². The van der Waals surface area contributed by atoms with Gasteiger partial charge in [-0.25, -0.2) is 4.98 Å². The van der Waals surface area contributed by atoms with Crippen molar-refractivity contribution in [1.29, 1.82) is 0 Å². The van der Waals surface area contributed by atoms with Gasteiger partial charge in [0.15, 0.2) is 0 Å². The second kappa shape index (κ2) is 6.18. The van der Waals surface area contributed by atoms with Crippen molar-refractivity contribution in [3.8, 4) is 5.75 Å². The topological polar surface area (TPSA) is 34.1 Å². The molecule has 1 heterocycles. The number of halogens is 1. The van der Waals surface area contributed by atoms with E-state index in [2.05, 4.69) is 29.4 Å². The fourth-order valence-electron chi connectivity index (χ4n) is 1.62. The standard InChI is InChI=1S/C13H15ClN2OS/c1-9(10-3-5-11(17-2)6-4-10)15-8-13-16-7-12(14)18-13/h3-7,9,15H,8H2,1-2H3/t9-/m0/s1. The van der Waals surface area contributed by atoms with E-state index in [-0.39, 0.29) is 6.04 Å². The average molecular weight is 283 g/mol. The third-order valence-electron chi connectivity index (χ3n) is 2.70. The number of ether oxygens (including phenoxy) is 1. The van der Waals surface area contributed by atoms with Crippen molar-refractivity contribution in [3.63, 3.8) is 0 Å². The molecular weight excluding hydrogens is 268 g/mol. The van der Waals surface area contributed by atoms with E-state index in [1.807, 2.05) is 12.1 Å². The summed E-state index contributed by atoms with van der Waals surface area (Å²) in [6.45, 7) is 2.85. The highest BCUT2D eigenvalue weighted by Gasteiger charge is 2.06. The molecule has 1 N–H and O–H groups in total. The van der Waals surface area contributed by atoms with Crippen LogP contribution in [0.15, 0.2) is 30.5 Å². The summed E-state index contributed by atoms with van der Waals surface area (Å²) in [5, 5.41) is 4.41. The van der Waals surface area contributed by atoms with Gasteiger partial charge in [0.2, 0.25) is 0 Å². The van der Waals surface area contributed by atoms with Crippen LogP contribution in [0.5, 0.6) is 5.75 Å². The maximum atomic E-state index is 5.84. The lowest BCUT2D eigenvalue weighted by atomic mass is 10.1. The zero-order valence-electron chi connectivity index (χ0n) is 10.3. The van der Waals surface area contributed by atoms with E-state index in [1.54, 1.807) is 13.3 Å². The van der Waals surface area contributed by atoms with Crippen LogP contribution in [0.2, 0.25) is 4.34 Å². The van der Waals surface area contributed by atoms with Crippen LogP contribution in [0, 0.1) is 0 Å². The minimum Gasteiger partial charge on any atom is -0.497 e. The van der Waals surface area contributed by atoms with Gasteiger partial charge in [-0.1, -0.05) is 23.7 Å². The molecule has 0 bridgehead atoms. The molecule has 1 atom stereocenters. The Balaban J connectivity index is 1.92. The number of nitrogens with one attached hydrogen (secondary N) is 1. The molecule has 0 fully saturated rings. The predicted octanol–water partition coefficient (Wildman–Crippen LogP) is 3.66. The first kappa shape index (κ1) is 13.3. The number of methoxy groups -OCH3 is 1. The summed E-state index contributed by atoms with van der Waals surface area (Å²) >= 11 is 7.34. The molecular formula is C13H15ClN2OS. The molecule has 0 saturated carbocycles. The number of rotatable bonds is 5. The van der Waals surface area contributed by atoms with E-state index in [0.717, 1.165) is 21.6 Å². The first-order valence-electron chi connectivity index (χ1n) is 5.66. The normalized spacial score (nSPS) is 12.4. The van der Waals surface area contributed by atoms with Crippen LogP contribution in [0.1, 0.15) is 23.5 Å². The largest absolute Gasteiger partial charge is 0.497 e. The maximum Gasteiger partial charge on any atom is 0.118 e. The highest BCUT2D eigenvalue weighted by atomic mass is 35.5. The molecule has 0 amide bonds. The molecule has 18 heavy (non-hydrogen) atoms. The Kier molecular flexibility index (Phi) is 4.58. The van der Waals surface area contributed by atoms with Crippen LogP contribution in [0.3, 0.4) is 0 Å². The zero-order chi connectivity index (χ0) is 13.0. The number of hydrogen-bond donors (Lipinski definition) is 1. The lowest BCUT2D eigenvalue weighted by molar-refractivity contribution is 0.414. The molecule has 3 nitrogen and oxygen atoms in total. The van der Waals surface area contributed by atoms with Crippen molar-refractivity contribution in [1.82, 2.24) is 10.3 Å². The van der Waals surface area contributed by atoms with Crippen LogP contribution in [0.25, 0.3) is 0 Å². The van der Waals surface area contributed by atoms with Gasteiger partial charge in [-0.05, 0) is 24.6 Å². The SMILES string of the molecule is COc1ccc([C@H](C)NCc2ncc(Cl)s2)cc1. The second-order valence-electron chi connectivity index (χ2n) is 3.93. The van der Waals surface area contributed by atoms with Crippen molar-refractivity contribution in [3.05, 3.63) is 45.4 Å². The zero-order valence-corrected chi connectivity index (χ0v) is 11.9. The average Bonchev–Trinajstić information content (AvgIpc) is 2.82. The van der Waals surface area contributed by atoms with Gasteiger partial charge < -0.3 is 10.1 Å². The quantitative estimate of drug-likeness (QED) is 0.909. The Bertz CT molecular complexity index is 498.